The van der Waals surface area contributed by atoms with Gasteiger partial charge in [-0.05, 0) is 13.8 Å². The van der Waals surface area contributed by atoms with Gasteiger partial charge in [0.2, 0.25) is 0 Å². The van der Waals surface area contributed by atoms with Crippen LogP contribution in [0.4, 0.5) is 0 Å². The Balaban J connectivity index is 2.31. The highest BCUT2D eigenvalue weighted by Crippen LogP contribution is 2.22. The number of rotatable bonds is 3. The number of nitrogens with two attached hydrogens (primary N) is 1. The van der Waals surface area contributed by atoms with E-state index in [-0.39, 0.29) is 6.04 Å². The molecule has 15 heavy (non-hydrogen) atoms. The zero-order chi connectivity index (χ0) is 10.8. The summed E-state index contributed by atoms with van der Waals surface area (Å²) in [5.74, 6) is 0. The Morgan fingerprint density at radius 3 is 3.00 bits per heavy atom. The minimum absolute atomic E-state index is 0.213. The van der Waals surface area contributed by atoms with Crippen LogP contribution in [0.5, 0.6) is 0 Å². The molecule has 0 aliphatic rings. The standard InChI is InChI=1S/C10H14N4S/c1-7-5-15-10(13-7)8(2)14-6-12-4-9(14)3-11/h4-6,8H,3,11H2,1-2H3. The average molecular weight is 222 g/mol. The highest BCUT2D eigenvalue weighted by Gasteiger charge is 2.13. The van der Waals surface area contributed by atoms with Crippen LogP contribution in [0.3, 0.4) is 0 Å². The summed E-state index contributed by atoms with van der Waals surface area (Å²) in [6.45, 7) is 4.62. The molecular formula is C10H14N4S. The molecule has 0 aliphatic heterocycles. The van der Waals surface area contributed by atoms with Gasteiger partial charge in [-0.2, -0.15) is 0 Å². The van der Waals surface area contributed by atoms with Crippen molar-refractivity contribution in [2.24, 2.45) is 5.73 Å². The molecule has 0 bridgehead atoms. The van der Waals surface area contributed by atoms with Crippen molar-refractivity contribution < 1.29 is 0 Å². The number of imidazole rings is 1. The van der Waals surface area contributed by atoms with Crippen LogP contribution in [-0.2, 0) is 6.54 Å². The van der Waals surface area contributed by atoms with Gasteiger partial charge in [-0.3, -0.25) is 0 Å². The second-order valence-electron chi connectivity index (χ2n) is 3.50. The summed E-state index contributed by atoms with van der Waals surface area (Å²) in [6, 6.07) is 0.213. The van der Waals surface area contributed by atoms with Crippen LogP contribution in [0.2, 0.25) is 0 Å². The molecule has 1 unspecified atom stereocenters. The van der Waals surface area contributed by atoms with Crippen molar-refractivity contribution in [2.75, 3.05) is 0 Å². The number of hydrogen-bond donors (Lipinski definition) is 1. The fourth-order valence-corrected chi connectivity index (χ4v) is 2.37. The molecule has 0 saturated heterocycles. The minimum Gasteiger partial charge on any atom is -0.325 e. The van der Waals surface area contributed by atoms with Gasteiger partial charge in [0.15, 0.2) is 0 Å². The van der Waals surface area contributed by atoms with Crippen molar-refractivity contribution in [1.82, 2.24) is 14.5 Å². The molecule has 0 fully saturated rings. The first-order valence-corrected chi connectivity index (χ1v) is 5.73. The van der Waals surface area contributed by atoms with E-state index in [1.807, 2.05) is 13.3 Å². The van der Waals surface area contributed by atoms with Crippen molar-refractivity contribution in [3.05, 3.63) is 34.3 Å². The summed E-state index contributed by atoms with van der Waals surface area (Å²) < 4.78 is 2.07. The van der Waals surface area contributed by atoms with Gasteiger partial charge in [0.25, 0.3) is 0 Å². The fourth-order valence-electron chi connectivity index (χ4n) is 1.52. The second-order valence-corrected chi connectivity index (χ2v) is 4.39. The molecule has 1 atom stereocenters. The van der Waals surface area contributed by atoms with Gasteiger partial charge in [0.05, 0.1) is 18.1 Å². The summed E-state index contributed by atoms with van der Waals surface area (Å²) in [4.78, 5) is 8.58. The molecule has 4 nitrogen and oxygen atoms in total. The molecule has 0 aromatic carbocycles. The maximum atomic E-state index is 5.64. The molecule has 5 heteroatoms. The number of aromatic nitrogens is 3. The van der Waals surface area contributed by atoms with E-state index in [9.17, 15) is 0 Å². The van der Waals surface area contributed by atoms with E-state index in [0.29, 0.717) is 6.54 Å². The Labute approximate surface area is 92.8 Å². The van der Waals surface area contributed by atoms with Crippen molar-refractivity contribution >= 4 is 11.3 Å². The smallest absolute Gasteiger partial charge is 0.115 e. The van der Waals surface area contributed by atoms with E-state index < -0.39 is 0 Å². The maximum absolute atomic E-state index is 5.64. The predicted molar refractivity (Wildman–Crippen MR) is 60.8 cm³/mol. The van der Waals surface area contributed by atoms with Crippen LogP contribution in [0.15, 0.2) is 17.9 Å². The molecule has 0 aliphatic carbocycles. The summed E-state index contributed by atoms with van der Waals surface area (Å²) in [7, 11) is 0. The van der Waals surface area contributed by atoms with Crippen molar-refractivity contribution in [3.8, 4) is 0 Å². The Morgan fingerprint density at radius 2 is 2.40 bits per heavy atom. The lowest BCUT2D eigenvalue weighted by molar-refractivity contribution is 0.604. The Kier molecular flexibility index (Phi) is 2.83. The molecule has 0 radical (unpaired) electrons. The zero-order valence-electron chi connectivity index (χ0n) is 8.84. The van der Waals surface area contributed by atoms with E-state index in [2.05, 4.69) is 26.8 Å². The Hall–Kier alpha value is -1.20. The van der Waals surface area contributed by atoms with Crippen molar-refractivity contribution in [1.29, 1.82) is 0 Å². The third-order valence-corrected chi connectivity index (χ3v) is 3.50. The first kappa shape index (κ1) is 10.3. The lowest BCUT2D eigenvalue weighted by Crippen LogP contribution is -2.11. The SMILES string of the molecule is Cc1csc(C(C)n2cncc2CN)n1. The van der Waals surface area contributed by atoms with Crippen LogP contribution in [-0.4, -0.2) is 14.5 Å². The van der Waals surface area contributed by atoms with Gasteiger partial charge in [-0.25, -0.2) is 9.97 Å². The van der Waals surface area contributed by atoms with Gasteiger partial charge in [-0.1, -0.05) is 0 Å². The topological polar surface area (TPSA) is 56.7 Å². The van der Waals surface area contributed by atoms with E-state index in [1.54, 1.807) is 17.5 Å². The highest BCUT2D eigenvalue weighted by molar-refractivity contribution is 7.09. The van der Waals surface area contributed by atoms with Gasteiger partial charge in [0, 0.05) is 23.8 Å². The third kappa shape index (κ3) is 1.93. The highest BCUT2D eigenvalue weighted by atomic mass is 32.1. The first-order valence-electron chi connectivity index (χ1n) is 4.85. The van der Waals surface area contributed by atoms with E-state index in [1.165, 1.54) is 0 Å². The van der Waals surface area contributed by atoms with Crippen LogP contribution in [0.1, 0.15) is 29.4 Å². The summed E-state index contributed by atoms with van der Waals surface area (Å²) in [6.07, 6.45) is 3.61. The van der Waals surface area contributed by atoms with Crippen LogP contribution in [0.25, 0.3) is 0 Å². The quantitative estimate of drug-likeness (QED) is 0.860. The number of nitrogens with zero attached hydrogens (tertiary/aromatic N) is 3. The van der Waals surface area contributed by atoms with E-state index in [0.717, 1.165) is 16.4 Å². The normalized spacial score (nSPS) is 13.0. The lowest BCUT2D eigenvalue weighted by atomic mass is 10.3. The maximum Gasteiger partial charge on any atom is 0.115 e. The minimum atomic E-state index is 0.213. The second kappa shape index (κ2) is 4.12. The van der Waals surface area contributed by atoms with Crippen LogP contribution >= 0.6 is 11.3 Å². The van der Waals surface area contributed by atoms with E-state index >= 15 is 0 Å². The largest absolute Gasteiger partial charge is 0.325 e. The van der Waals surface area contributed by atoms with Gasteiger partial charge < -0.3 is 10.3 Å². The number of hydrogen-bond acceptors (Lipinski definition) is 4. The predicted octanol–water partition coefficient (Wildman–Crippen LogP) is 1.72. The summed E-state index contributed by atoms with van der Waals surface area (Å²) >= 11 is 1.67. The third-order valence-electron chi connectivity index (χ3n) is 2.37. The molecule has 0 saturated carbocycles. The molecule has 2 aromatic rings. The fraction of sp³-hybridized carbons (Fsp3) is 0.400. The van der Waals surface area contributed by atoms with Crippen molar-refractivity contribution in [2.45, 2.75) is 26.4 Å². The molecule has 2 N–H and O–H groups in total. The summed E-state index contributed by atoms with van der Waals surface area (Å²) in [5.41, 5.74) is 7.74. The van der Waals surface area contributed by atoms with Gasteiger partial charge in [0.1, 0.15) is 5.01 Å². The first-order chi connectivity index (χ1) is 7.22. The monoisotopic (exact) mass is 222 g/mol. The molecule has 2 heterocycles. The molecule has 0 spiro atoms. The Morgan fingerprint density at radius 1 is 1.60 bits per heavy atom. The van der Waals surface area contributed by atoms with E-state index in [4.69, 9.17) is 5.73 Å². The molecule has 80 valence electrons. The van der Waals surface area contributed by atoms with Crippen LogP contribution < -0.4 is 5.73 Å². The number of thiazole rings is 1. The van der Waals surface area contributed by atoms with Gasteiger partial charge >= 0.3 is 0 Å². The summed E-state index contributed by atoms with van der Waals surface area (Å²) in [5, 5.41) is 3.16. The molecule has 2 aromatic heterocycles. The number of aryl methyl sites for hydroxylation is 1. The van der Waals surface area contributed by atoms with Gasteiger partial charge in [-0.15, -0.1) is 11.3 Å². The average Bonchev–Trinajstić information content (AvgIpc) is 2.84. The zero-order valence-corrected chi connectivity index (χ0v) is 9.66. The lowest BCUT2D eigenvalue weighted by Gasteiger charge is -2.12. The van der Waals surface area contributed by atoms with Crippen molar-refractivity contribution in [3.63, 3.8) is 0 Å². The van der Waals surface area contributed by atoms with Crippen LogP contribution in [0, 0.1) is 6.92 Å². The molecule has 0 amide bonds. The molecular weight excluding hydrogens is 208 g/mol. The molecule has 2 rings (SSSR count). The Bertz CT molecular complexity index is 446.